The van der Waals surface area contributed by atoms with Gasteiger partial charge in [0.2, 0.25) is 6.41 Å². The van der Waals surface area contributed by atoms with Gasteiger partial charge < -0.3 is 20.2 Å². The Morgan fingerprint density at radius 3 is 2.47 bits per heavy atom. The molecular weight excluding hydrogens is 449 g/mol. The number of pyridine rings is 1. The molecule has 0 unspecified atom stereocenters. The number of H-pyrrole nitrogens is 1. The number of hydrogen-bond acceptors (Lipinski definition) is 6. The summed E-state index contributed by atoms with van der Waals surface area (Å²) in [4.78, 5) is 22.8. The molecule has 178 valence electrons. The number of carbonyl (C=O) groups is 1. The van der Waals surface area contributed by atoms with Crippen LogP contribution in [0.3, 0.4) is 0 Å². The Morgan fingerprint density at radius 2 is 1.88 bits per heavy atom. The molecular formula is C24H30N7O2P. The van der Waals surface area contributed by atoms with Gasteiger partial charge >= 0.3 is 0 Å². The normalized spacial score (nSPS) is 13.3. The van der Waals surface area contributed by atoms with Gasteiger partial charge in [-0.05, 0) is 44.4 Å². The van der Waals surface area contributed by atoms with Gasteiger partial charge in [-0.1, -0.05) is 25.8 Å². The Kier molecular flexibility index (Phi) is 6.57. The number of imidazole rings is 1. The highest BCUT2D eigenvalue weighted by Crippen LogP contribution is 2.40. The molecule has 3 aromatic heterocycles. The van der Waals surface area contributed by atoms with Crippen LogP contribution in [0.2, 0.25) is 0 Å². The van der Waals surface area contributed by atoms with E-state index in [4.69, 9.17) is 0 Å². The van der Waals surface area contributed by atoms with Gasteiger partial charge in [-0.2, -0.15) is 5.10 Å². The third kappa shape index (κ3) is 5.54. The van der Waals surface area contributed by atoms with E-state index in [0.29, 0.717) is 45.9 Å². The van der Waals surface area contributed by atoms with Crippen molar-refractivity contribution in [2.24, 2.45) is 13.0 Å². The molecule has 4 aromatic rings. The van der Waals surface area contributed by atoms with Crippen molar-refractivity contribution in [1.29, 1.82) is 0 Å². The van der Waals surface area contributed by atoms with Crippen molar-refractivity contribution in [1.82, 2.24) is 24.7 Å². The quantitative estimate of drug-likeness (QED) is 0.274. The number of anilines is 3. The number of amides is 1. The van der Waals surface area contributed by atoms with Gasteiger partial charge in [0.1, 0.15) is 24.3 Å². The van der Waals surface area contributed by atoms with Crippen LogP contribution < -0.4 is 15.9 Å². The number of carbonyl (C=O) groups excluding carboxylic acids is 1. The SMILES string of the molecule is CC1CC1.Cc1nc2nc(NC=O)cc(Nc3ccc(-c4ccn(C)n4)cc3P(C)(C)=O)c2[nH]1. The van der Waals surface area contributed by atoms with Gasteiger partial charge in [0, 0.05) is 35.9 Å². The molecule has 1 aliphatic rings. The van der Waals surface area contributed by atoms with Crippen LogP contribution in [0.1, 0.15) is 25.6 Å². The molecule has 1 amide bonds. The predicted octanol–water partition coefficient (Wildman–Crippen LogP) is 4.64. The zero-order chi connectivity index (χ0) is 24.5. The number of aromatic nitrogens is 5. The highest BCUT2D eigenvalue weighted by Gasteiger charge is 2.20. The maximum atomic E-state index is 13.1. The van der Waals surface area contributed by atoms with Crippen LogP contribution in [0.5, 0.6) is 0 Å². The molecule has 9 nitrogen and oxygen atoms in total. The molecule has 0 radical (unpaired) electrons. The van der Waals surface area contributed by atoms with Crippen molar-refractivity contribution in [3.63, 3.8) is 0 Å². The van der Waals surface area contributed by atoms with Crippen LogP contribution >= 0.6 is 7.14 Å². The molecule has 5 rings (SSSR count). The first-order valence-electron chi connectivity index (χ1n) is 11.2. The number of fused-ring (bicyclic) bond motifs is 1. The van der Waals surface area contributed by atoms with E-state index in [-0.39, 0.29) is 0 Å². The van der Waals surface area contributed by atoms with E-state index in [0.717, 1.165) is 17.2 Å². The second kappa shape index (κ2) is 9.43. The van der Waals surface area contributed by atoms with Crippen molar-refractivity contribution in [2.45, 2.75) is 26.7 Å². The lowest BCUT2D eigenvalue weighted by atomic mass is 10.1. The summed E-state index contributed by atoms with van der Waals surface area (Å²) in [5.74, 6) is 2.15. The van der Waals surface area contributed by atoms with Crippen LogP contribution in [0.25, 0.3) is 22.4 Å². The number of nitrogens with one attached hydrogen (secondary N) is 3. The van der Waals surface area contributed by atoms with Crippen molar-refractivity contribution in [3.8, 4) is 11.3 Å². The molecule has 1 fully saturated rings. The Bertz CT molecular complexity index is 1380. The minimum Gasteiger partial charge on any atom is -0.353 e. The molecule has 1 aromatic carbocycles. The molecule has 34 heavy (non-hydrogen) atoms. The smallest absolute Gasteiger partial charge is 0.212 e. The first-order chi connectivity index (χ1) is 16.1. The van der Waals surface area contributed by atoms with Crippen molar-refractivity contribution < 1.29 is 9.36 Å². The maximum absolute atomic E-state index is 13.1. The van der Waals surface area contributed by atoms with E-state index in [1.54, 1.807) is 24.1 Å². The second-order valence-corrected chi connectivity index (χ2v) is 12.3. The van der Waals surface area contributed by atoms with Gasteiger partial charge in [0.25, 0.3) is 0 Å². The third-order valence-electron chi connectivity index (χ3n) is 5.51. The fourth-order valence-electron chi connectivity index (χ4n) is 3.46. The van der Waals surface area contributed by atoms with Crippen LogP contribution in [0.4, 0.5) is 17.2 Å². The summed E-state index contributed by atoms with van der Waals surface area (Å²) >= 11 is 0. The summed E-state index contributed by atoms with van der Waals surface area (Å²) in [6, 6.07) is 9.36. The standard InChI is InChI=1S/C20H22N7O2P.C4H8/c1-12-22-19-16(10-18(21-11-28)25-20(19)23-12)24-15-6-5-13(9-17(15)30(3,4)29)14-7-8-27(2)26-14;1-4-2-3-4/h5-11H,1-4H3,(H3,21,22,23,24,25,28);4H,2-3H2,1H3. The lowest BCUT2D eigenvalue weighted by Gasteiger charge is -2.17. The van der Waals surface area contributed by atoms with Crippen molar-refractivity contribution in [2.75, 3.05) is 24.0 Å². The maximum Gasteiger partial charge on any atom is 0.212 e. The molecule has 3 N–H and O–H groups in total. The zero-order valence-electron chi connectivity index (χ0n) is 20.1. The molecule has 10 heteroatoms. The number of rotatable bonds is 6. The van der Waals surface area contributed by atoms with Crippen LogP contribution in [0, 0.1) is 12.8 Å². The number of aromatic amines is 1. The summed E-state index contributed by atoms with van der Waals surface area (Å²) in [5, 5.41) is 11.1. The van der Waals surface area contributed by atoms with E-state index in [1.807, 2.05) is 44.4 Å². The first-order valence-corrected chi connectivity index (χ1v) is 13.8. The predicted molar refractivity (Wildman–Crippen MR) is 138 cm³/mol. The summed E-state index contributed by atoms with van der Waals surface area (Å²) in [6.07, 6.45) is 5.41. The van der Waals surface area contributed by atoms with Gasteiger partial charge in [0.05, 0.1) is 11.4 Å². The lowest BCUT2D eigenvalue weighted by Crippen LogP contribution is -2.11. The molecule has 0 bridgehead atoms. The Morgan fingerprint density at radius 1 is 1.15 bits per heavy atom. The van der Waals surface area contributed by atoms with Crippen LogP contribution in [0.15, 0.2) is 36.5 Å². The van der Waals surface area contributed by atoms with Gasteiger partial charge in [-0.3, -0.25) is 9.48 Å². The number of hydrogen-bond donors (Lipinski definition) is 3. The third-order valence-corrected chi connectivity index (χ3v) is 7.04. The van der Waals surface area contributed by atoms with E-state index in [2.05, 4.69) is 37.6 Å². The molecule has 0 saturated heterocycles. The lowest BCUT2D eigenvalue weighted by molar-refractivity contribution is -0.105. The molecule has 1 aliphatic carbocycles. The summed E-state index contributed by atoms with van der Waals surface area (Å²) in [7, 11) is -0.765. The Balaban J connectivity index is 0.000000620. The topological polar surface area (TPSA) is 118 Å². The van der Waals surface area contributed by atoms with Crippen molar-refractivity contribution in [3.05, 3.63) is 42.4 Å². The number of benzene rings is 1. The largest absolute Gasteiger partial charge is 0.353 e. The minimum atomic E-state index is -2.62. The van der Waals surface area contributed by atoms with Crippen molar-refractivity contribution >= 4 is 47.2 Å². The average Bonchev–Trinajstić information content (AvgIpc) is 3.26. The average molecular weight is 480 g/mol. The van der Waals surface area contributed by atoms with E-state index in [1.165, 1.54) is 12.8 Å². The van der Waals surface area contributed by atoms with E-state index < -0.39 is 7.14 Å². The second-order valence-electron chi connectivity index (χ2n) is 9.10. The number of aryl methyl sites for hydroxylation is 2. The molecule has 0 aliphatic heterocycles. The van der Waals surface area contributed by atoms with Gasteiger partial charge in [0.15, 0.2) is 5.65 Å². The highest BCUT2D eigenvalue weighted by molar-refractivity contribution is 7.70. The molecule has 0 spiro atoms. The minimum absolute atomic E-state index is 0.370. The first kappa shape index (κ1) is 23.7. The Labute approximate surface area is 198 Å². The van der Waals surface area contributed by atoms with Crippen LogP contribution in [-0.4, -0.2) is 44.5 Å². The fraction of sp³-hybridized carbons (Fsp3) is 0.333. The summed E-state index contributed by atoms with van der Waals surface area (Å²) in [5.41, 5.74) is 4.26. The Hall–Kier alpha value is -3.45. The van der Waals surface area contributed by atoms with Crippen LogP contribution in [-0.2, 0) is 16.4 Å². The van der Waals surface area contributed by atoms with E-state index in [9.17, 15) is 9.36 Å². The number of nitrogens with zero attached hydrogens (tertiary/aromatic N) is 4. The highest BCUT2D eigenvalue weighted by atomic mass is 31.2. The van der Waals surface area contributed by atoms with E-state index >= 15 is 0 Å². The molecule has 1 saturated carbocycles. The summed E-state index contributed by atoms with van der Waals surface area (Å²) < 4.78 is 14.8. The van der Waals surface area contributed by atoms with Gasteiger partial charge in [-0.25, -0.2) is 9.97 Å². The monoisotopic (exact) mass is 479 g/mol. The van der Waals surface area contributed by atoms with Gasteiger partial charge in [-0.15, -0.1) is 0 Å². The summed E-state index contributed by atoms with van der Waals surface area (Å²) in [6.45, 7) is 7.58. The molecule has 0 atom stereocenters. The molecule has 3 heterocycles. The fourth-order valence-corrected chi connectivity index (χ4v) is 4.62. The zero-order valence-corrected chi connectivity index (χ0v) is 21.0.